The molecule has 0 bridgehead atoms. The molecule has 7 heteroatoms. The van der Waals surface area contributed by atoms with Crippen LogP contribution in [0.3, 0.4) is 0 Å². The number of nitrogens with one attached hydrogen (secondary N) is 1. The number of methoxy groups -OCH3 is 1. The summed E-state index contributed by atoms with van der Waals surface area (Å²) in [4.78, 5) is 33.3. The number of para-hydroxylation sites is 1. The van der Waals surface area contributed by atoms with E-state index in [4.69, 9.17) is 9.15 Å². The maximum absolute atomic E-state index is 12.3. The molecular formula is C20H21N3O4. The third-order valence-corrected chi connectivity index (χ3v) is 5.15. The van der Waals surface area contributed by atoms with Crippen molar-refractivity contribution in [1.29, 1.82) is 0 Å². The first-order valence-corrected chi connectivity index (χ1v) is 8.99. The summed E-state index contributed by atoms with van der Waals surface area (Å²) in [6.45, 7) is 2.91. The SMILES string of the molecule is COC(=O)c1nc(C2CCN(C(C)=O)CC2)oc1-c1c[nH]c2ccccc12. The van der Waals surface area contributed by atoms with Gasteiger partial charge in [0, 0.05) is 48.6 Å². The molecule has 2 aromatic heterocycles. The molecule has 0 saturated carbocycles. The summed E-state index contributed by atoms with van der Waals surface area (Å²) < 4.78 is 11.0. The second-order valence-electron chi connectivity index (χ2n) is 6.75. The Balaban J connectivity index is 1.72. The number of rotatable bonds is 3. The second-order valence-corrected chi connectivity index (χ2v) is 6.75. The molecule has 0 atom stereocenters. The summed E-state index contributed by atoms with van der Waals surface area (Å²) in [6, 6.07) is 7.81. The zero-order valence-electron chi connectivity index (χ0n) is 15.3. The molecule has 1 aromatic carbocycles. The smallest absolute Gasteiger partial charge is 0.360 e. The van der Waals surface area contributed by atoms with Crippen molar-refractivity contribution in [3.8, 4) is 11.3 Å². The van der Waals surface area contributed by atoms with Crippen molar-refractivity contribution in [3.63, 3.8) is 0 Å². The molecule has 140 valence electrons. The number of amides is 1. The molecule has 1 fully saturated rings. The van der Waals surface area contributed by atoms with Crippen LogP contribution < -0.4 is 0 Å². The van der Waals surface area contributed by atoms with Gasteiger partial charge in [-0.25, -0.2) is 9.78 Å². The molecule has 0 radical (unpaired) electrons. The van der Waals surface area contributed by atoms with Crippen molar-refractivity contribution >= 4 is 22.8 Å². The molecule has 0 spiro atoms. The predicted octanol–water partition coefficient (Wildman–Crippen LogP) is 3.34. The molecular weight excluding hydrogens is 346 g/mol. The number of oxazole rings is 1. The summed E-state index contributed by atoms with van der Waals surface area (Å²) in [7, 11) is 1.33. The highest BCUT2D eigenvalue weighted by molar-refractivity contribution is 6.01. The van der Waals surface area contributed by atoms with Gasteiger partial charge in [-0.2, -0.15) is 0 Å². The van der Waals surface area contributed by atoms with E-state index >= 15 is 0 Å². The van der Waals surface area contributed by atoms with Crippen LogP contribution in [-0.4, -0.2) is 46.9 Å². The Bertz CT molecular complexity index is 996. The van der Waals surface area contributed by atoms with Crippen molar-refractivity contribution < 1.29 is 18.7 Å². The molecule has 27 heavy (non-hydrogen) atoms. The van der Waals surface area contributed by atoms with Crippen LogP contribution in [-0.2, 0) is 9.53 Å². The van der Waals surface area contributed by atoms with Gasteiger partial charge in [0.15, 0.2) is 17.3 Å². The average Bonchev–Trinajstić information content (AvgIpc) is 3.31. The van der Waals surface area contributed by atoms with E-state index < -0.39 is 5.97 Å². The third kappa shape index (κ3) is 3.09. The van der Waals surface area contributed by atoms with Gasteiger partial charge < -0.3 is 19.0 Å². The molecule has 3 heterocycles. The Morgan fingerprint density at radius 3 is 2.70 bits per heavy atom. The molecule has 1 aliphatic rings. The highest BCUT2D eigenvalue weighted by Crippen LogP contribution is 2.36. The van der Waals surface area contributed by atoms with Crippen molar-refractivity contribution in [3.05, 3.63) is 42.0 Å². The van der Waals surface area contributed by atoms with Crippen molar-refractivity contribution in [1.82, 2.24) is 14.9 Å². The van der Waals surface area contributed by atoms with Gasteiger partial charge in [0.05, 0.1) is 7.11 Å². The number of benzene rings is 1. The van der Waals surface area contributed by atoms with Crippen LogP contribution in [0.4, 0.5) is 0 Å². The lowest BCUT2D eigenvalue weighted by Crippen LogP contribution is -2.36. The quantitative estimate of drug-likeness (QED) is 0.717. The highest BCUT2D eigenvalue weighted by Gasteiger charge is 2.30. The zero-order valence-corrected chi connectivity index (χ0v) is 15.3. The van der Waals surface area contributed by atoms with Gasteiger partial charge in [-0.3, -0.25) is 4.79 Å². The standard InChI is InChI=1S/C20H21N3O4/c1-12(24)23-9-7-13(8-10-23)19-22-17(20(25)26-2)18(27-19)15-11-21-16-6-4-3-5-14(15)16/h3-6,11,13,21H,7-10H2,1-2H3. The number of H-pyrrole nitrogens is 1. The number of nitrogens with zero attached hydrogens (tertiary/aromatic N) is 2. The number of carbonyl (C=O) groups excluding carboxylic acids is 2. The first kappa shape index (κ1) is 17.3. The maximum Gasteiger partial charge on any atom is 0.360 e. The lowest BCUT2D eigenvalue weighted by molar-refractivity contribution is -0.129. The predicted molar refractivity (Wildman–Crippen MR) is 99.4 cm³/mol. The van der Waals surface area contributed by atoms with Crippen LogP contribution in [0, 0.1) is 0 Å². The summed E-state index contributed by atoms with van der Waals surface area (Å²) in [5.41, 5.74) is 1.92. The van der Waals surface area contributed by atoms with E-state index in [9.17, 15) is 9.59 Å². The van der Waals surface area contributed by atoms with E-state index in [0.29, 0.717) is 24.7 Å². The molecule has 1 saturated heterocycles. The average molecular weight is 367 g/mol. The van der Waals surface area contributed by atoms with Crippen molar-refractivity contribution in [2.45, 2.75) is 25.7 Å². The van der Waals surface area contributed by atoms with Crippen LogP contribution in [0.5, 0.6) is 0 Å². The Hall–Kier alpha value is -3.09. The molecule has 1 aliphatic heterocycles. The van der Waals surface area contributed by atoms with Crippen LogP contribution in [0.1, 0.15) is 42.1 Å². The number of fused-ring (bicyclic) bond motifs is 1. The minimum atomic E-state index is -0.522. The van der Waals surface area contributed by atoms with E-state index in [-0.39, 0.29) is 17.5 Å². The number of hydrogen-bond donors (Lipinski definition) is 1. The Morgan fingerprint density at radius 2 is 2.00 bits per heavy atom. The normalized spacial score (nSPS) is 15.3. The van der Waals surface area contributed by atoms with Crippen LogP contribution in [0.25, 0.3) is 22.2 Å². The van der Waals surface area contributed by atoms with Crippen LogP contribution >= 0.6 is 0 Å². The zero-order chi connectivity index (χ0) is 19.0. The number of likely N-dealkylation sites (tertiary alicyclic amines) is 1. The second kappa shape index (κ2) is 6.90. The highest BCUT2D eigenvalue weighted by atomic mass is 16.5. The van der Waals surface area contributed by atoms with Crippen LogP contribution in [0.2, 0.25) is 0 Å². The fourth-order valence-electron chi connectivity index (χ4n) is 3.63. The molecule has 1 N–H and O–H groups in total. The monoisotopic (exact) mass is 367 g/mol. The van der Waals surface area contributed by atoms with E-state index in [1.165, 1.54) is 7.11 Å². The molecule has 0 unspecified atom stereocenters. The van der Waals surface area contributed by atoms with Gasteiger partial charge in [-0.1, -0.05) is 18.2 Å². The van der Waals surface area contributed by atoms with E-state index in [1.54, 1.807) is 6.92 Å². The number of piperidine rings is 1. The largest absolute Gasteiger partial charge is 0.464 e. The Morgan fingerprint density at radius 1 is 1.26 bits per heavy atom. The molecule has 3 aromatic rings. The summed E-state index contributed by atoms with van der Waals surface area (Å²) in [5.74, 6) is 0.576. The van der Waals surface area contributed by atoms with Gasteiger partial charge >= 0.3 is 5.97 Å². The summed E-state index contributed by atoms with van der Waals surface area (Å²) in [6.07, 6.45) is 3.34. The number of carbonyl (C=O) groups is 2. The fourth-order valence-corrected chi connectivity index (χ4v) is 3.63. The Kier molecular flexibility index (Phi) is 4.43. The molecule has 1 amide bonds. The maximum atomic E-state index is 12.3. The van der Waals surface area contributed by atoms with Gasteiger partial charge in [-0.05, 0) is 18.9 Å². The number of aromatic amines is 1. The van der Waals surface area contributed by atoms with Crippen molar-refractivity contribution in [2.24, 2.45) is 0 Å². The van der Waals surface area contributed by atoms with E-state index in [2.05, 4.69) is 9.97 Å². The number of aromatic nitrogens is 2. The lowest BCUT2D eigenvalue weighted by atomic mass is 9.97. The fraction of sp³-hybridized carbons (Fsp3) is 0.350. The van der Waals surface area contributed by atoms with Crippen LogP contribution in [0.15, 0.2) is 34.9 Å². The minimum absolute atomic E-state index is 0.0722. The Labute approximate surface area is 156 Å². The lowest BCUT2D eigenvalue weighted by Gasteiger charge is -2.29. The van der Waals surface area contributed by atoms with Gasteiger partial charge in [0.2, 0.25) is 5.91 Å². The first-order chi connectivity index (χ1) is 13.1. The minimum Gasteiger partial charge on any atom is -0.464 e. The molecule has 4 rings (SSSR count). The van der Waals surface area contributed by atoms with Crippen molar-refractivity contribution in [2.75, 3.05) is 20.2 Å². The molecule has 0 aliphatic carbocycles. The van der Waals surface area contributed by atoms with E-state index in [0.717, 1.165) is 29.3 Å². The molecule has 7 nitrogen and oxygen atoms in total. The topological polar surface area (TPSA) is 88.4 Å². The number of esters is 1. The first-order valence-electron chi connectivity index (χ1n) is 8.99. The van der Waals surface area contributed by atoms with Gasteiger partial charge in [0.1, 0.15) is 0 Å². The summed E-state index contributed by atoms with van der Waals surface area (Å²) in [5, 5.41) is 0.955. The third-order valence-electron chi connectivity index (χ3n) is 5.15. The van der Waals surface area contributed by atoms with Gasteiger partial charge in [-0.15, -0.1) is 0 Å². The van der Waals surface area contributed by atoms with Gasteiger partial charge in [0.25, 0.3) is 0 Å². The number of ether oxygens (including phenoxy) is 1. The number of hydrogen-bond acceptors (Lipinski definition) is 5. The van der Waals surface area contributed by atoms with E-state index in [1.807, 2.05) is 35.4 Å². The summed E-state index contributed by atoms with van der Waals surface area (Å²) >= 11 is 0.